The number of carbonyl (C=O) groups excluding carboxylic acids is 1. The van der Waals surface area contributed by atoms with Crippen molar-refractivity contribution in [2.45, 2.75) is 6.92 Å². The highest BCUT2D eigenvalue weighted by molar-refractivity contribution is 5.95. The summed E-state index contributed by atoms with van der Waals surface area (Å²) in [6.07, 6.45) is 3.60. The Hall–Kier alpha value is -3.48. The predicted molar refractivity (Wildman–Crippen MR) is 105 cm³/mol. The summed E-state index contributed by atoms with van der Waals surface area (Å²) >= 11 is 0. The van der Waals surface area contributed by atoms with E-state index in [-0.39, 0.29) is 12.5 Å². The van der Waals surface area contributed by atoms with Crippen LogP contribution in [0.2, 0.25) is 0 Å². The molecule has 0 saturated heterocycles. The van der Waals surface area contributed by atoms with Crippen molar-refractivity contribution in [3.05, 3.63) is 60.4 Å². The molecule has 0 atom stereocenters. The maximum Gasteiger partial charge on any atom is 0.243 e. The Bertz CT molecular complexity index is 923. The van der Waals surface area contributed by atoms with Crippen LogP contribution in [-0.4, -0.2) is 36.5 Å². The average Bonchev–Trinajstić information content (AvgIpc) is 3.22. The van der Waals surface area contributed by atoms with E-state index in [0.29, 0.717) is 17.2 Å². The van der Waals surface area contributed by atoms with Gasteiger partial charge in [-0.2, -0.15) is 5.10 Å². The number of rotatable bonds is 7. The lowest BCUT2D eigenvalue weighted by Crippen LogP contribution is -2.22. The van der Waals surface area contributed by atoms with Gasteiger partial charge in [0.05, 0.1) is 32.1 Å². The third kappa shape index (κ3) is 4.38. The van der Waals surface area contributed by atoms with Gasteiger partial charge in [0.2, 0.25) is 5.91 Å². The number of hydrogen-bond donors (Lipinski definition) is 2. The highest BCUT2D eigenvalue weighted by Crippen LogP contribution is 2.28. The summed E-state index contributed by atoms with van der Waals surface area (Å²) in [6, 6.07) is 13.0. The number of anilines is 2. The average molecular weight is 366 g/mol. The van der Waals surface area contributed by atoms with Crippen molar-refractivity contribution < 1.29 is 14.3 Å². The monoisotopic (exact) mass is 366 g/mol. The van der Waals surface area contributed by atoms with Gasteiger partial charge in [-0.05, 0) is 42.8 Å². The Labute approximate surface area is 157 Å². The molecule has 0 radical (unpaired) electrons. The number of aromatic nitrogens is 2. The molecule has 0 fully saturated rings. The molecule has 2 N–H and O–H groups in total. The van der Waals surface area contributed by atoms with Gasteiger partial charge in [-0.15, -0.1) is 0 Å². The molecule has 0 aliphatic rings. The number of aryl methyl sites for hydroxylation is 1. The normalized spacial score (nSPS) is 10.3. The van der Waals surface area contributed by atoms with E-state index in [9.17, 15) is 4.79 Å². The molecule has 7 nitrogen and oxygen atoms in total. The maximum absolute atomic E-state index is 12.4. The summed E-state index contributed by atoms with van der Waals surface area (Å²) in [5.74, 6) is 1.02. The van der Waals surface area contributed by atoms with Gasteiger partial charge in [-0.1, -0.05) is 6.07 Å². The van der Waals surface area contributed by atoms with Crippen LogP contribution in [0.1, 0.15) is 5.56 Å². The van der Waals surface area contributed by atoms with Crippen molar-refractivity contribution in [2.24, 2.45) is 0 Å². The molecule has 1 heterocycles. The van der Waals surface area contributed by atoms with Gasteiger partial charge in [0, 0.05) is 24.1 Å². The second-order valence-corrected chi connectivity index (χ2v) is 5.92. The van der Waals surface area contributed by atoms with Crippen molar-refractivity contribution in [3.8, 4) is 17.2 Å². The van der Waals surface area contributed by atoms with Crippen molar-refractivity contribution in [3.63, 3.8) is 0 Å². The minimum atomic E-state index is -0.189. The first-order chi connectivity index (χ1) is 13.1. The quantitative estimate of drug-likeness (QED) is 0.671. The first kappa shape index (κ1) is 18.3. The topological polar surface area (TPSA) is 77.4 Å². The van der Waals surface area contributed by atoms with Crippen molar-refractivity contribution >= 4 is 17.3 Å². The van der Waals surface area contributed by atoms with E-state index in [1.54, 1.807) is 43.3 Å². The van der Waals surface area contributed by atoms with Gasteiger partial charge < -0.3 is 20.1 Å². The number of nitrogens with zero attached hydrogens (tertiary/aromatic N) is 2. The fourth-order valence-corrected chi connectivity index (χ4v) is 2.65. The molecule has 0 bridgehead atoms. The summed E-state index contributed by atoms with van der Waals surface area (Å²) in [5, 5.41) is 10.2. The number of benzene rings is 2. The van der Waals surface area contributed by atoms with Crippen LogP contribution in [0, 0.1) is 6.92 Å². The Morgan fingerprint density at radius 3 is 2.67 bits per heavy atom. The molecule has 3 aromatic rings. The van der Waals surface area contributed by atoms with E-state index < -0.39 is 0 Å². The Morgan fingerprint density at radius 1 is 1.11 bits per heavy atom. The second kappa shape index (κ2) is 8.27. The summed E-state index contributed by atoms with van der Waals surface area (Å²) in [7, 11) is 3.13. The fraction of sp³-hybridized carbons (Fsp3) is 0.200. The maximum atomic E-state index is 12.4. The van der Waals surface area contributed by atoms with Gasteiger partial charge in [0.15, 0.2) is 0 Å². The van der Waals surface area contributed by atoms with Crippen LogP contribution in [0.5, 0.6) is 11.5 Å². The number of methoxy groups -OCH3 is 2. The van der Waals surface area contributed by atoms with Crippen LogP contribution in [0.15, 0.2) is 54.9 Å². The minimum absolute atomic E-state index is 0.115. The first-order valence-electron chi connectivity index (χ1n) is 8.47. The standard InChI is InChI=1S/C20H22N4O3/c1-14-5-6-15(24-10-4-9-22-24)11-17(14)21-13-20(25)23-18-12-16(26-2)7-8-19(18)27-3/h4-12,21H,13H2,1-3H3,(H,23,25). The van der Waals surface area contributed by atoms with Crippen LogP contribution in [-0.2, 0) is 4.79 Å². The molecule has 0 aliphatic heterocycles. The van der Waals surface area contributed by atoms with E-state index >= 15 is 0 Å². The van der Waals surface area contributed by atoms with Gasteiger partial charge >= 0.3 is 0 Å². The summed E-state index contributed by atoms with van der Waals surface area (Å²) in [5.41, 5.74) is 3.39. The van der Waals surface area contributed by atoms with Crippen LogP contribution in [0.25, 0.3) is 5.69 Å². The zero-order chi connectivity index (χ0) is 19.2. The Morgan fingerprint density at radius 2 is 1.96 bits per heavy atom. The van der Waals surface area contributed by atoms with Gasteiger partial charge in [-0.3, -0.25) is 4.79 Å². The molecule has 1 amide bonds. The number of ether oxygens (including phenoxy) is 2. The van der Waals surface area contributed by atoms with Crippen LogP contribution < -0.4 is 20.1 Å². The molecule has 0 spiro atoms. The van der Waals surface area contributed by atoms with E-state index in [0.717, 1.165) is 16.9 Å². The molecule has 3 rings (SSSR count). The second-order valence-electron chi connectivity index (χ2n) is 5.92. The summed E-state index contributed by atoms with van der Waals surface area (Å²) in [4.78, 5) is 12.4. The Kier molecular flexibility index (Phi) is 5.61. The number of amides is 1. The van der Waals surface area contributed by atoms with Crippen molar-refractivity contribution in [1.29, 1.82) is 0 Å². The lowest BCUT2D eigenvalue weighted by atomic mass is 10.2. The number of nitrogens with one attached hydrogen (secondary N) is 2. The van der Waals surface area contributed by atoms with E-state index in [4.69, 9.17) is 9.47 Å². The van der Waals surface area contributed by atoms with E-state index in [1.165, 1.54) is 0 Å². The molecule has 0 saturated carbocycles. The number of hydrogen-bond acceptors (Lipinski definition) is 5. The smallest absolute Gasteiger partial charge is 0.243 e. The fourth-order valence-electron chi connectivity index (χ4n) is 2.65. The zero-order valence-electron chi connectivity index (χ0n) is 15.5. The molecule has 27 heavy (non-hydrogen) atoms. The van der Waals surface area contributed by atoms with E-state index in [2.05, 4.69) is 15.7 Å². The summed E-state index contributed by atoms with van der Waals surface area (Å²) in [6.45, 7) is 2.10. The van der Waals surface area contributed by atoms with Crippen LogP contribution in [0.4, 0.5) is 11.4 Å². The van der Waals surface area contributed by atoms with Crippen LogP contribution >= 0.6 is 0 Å². The highest BCUT2D eigenvalue weighted by atomic mass is 16.5. The first-order valence-corrected chi connectivity index (χ1v) is 8.47. The lowest BCUT2D eigenvalue weighted by Gasteiger charge is -2.14. The molecular formula is C20H22N4O3. The highest BCUT2D eigenvalue weighted by Gasteiger charge is 2.10. The molecule has 0 aliphatic carbocycles. The molecule has 1 aromatic heterocycles. The van der Waals surface area contributed by atoms with Gasteiger partial charge in [-0.25, -0.2) is 4.68 Å². The largest absolute Gasteiger partial charge is 0.497 e. The molecule has 7 heteroatoms. The zero-order valence-corrected chi connectivity index (χ0v) is 15.5. The minimum Gasteiger partial charge on any atom is -0.497 e. The van der Waals surface area contributed by atoms with Crippen molar-refractivity contribution in [2.75, 3.05) is 31.4 Å². The molecule has 0 unspecified atom stereocenters. The van der Waals surface area contributed by atoms with Crippen LogP contribution in [0.3, 0.4) is 0 Å². The summed E-state index contributed by atoms with van der Waals surface area (Å²) < 4.78 is 12.3. The Balaban J connectivity index is 1.69. The SMILES string of the molecule is COc1ccc(OC)c(NC(=O)CNc2cc(-n3cccn3)ccc2C)c1. The van der Waals surface area contributed by atoms with Gasteiger partial charge in [0.25, 0.3) is 0 Å². The predicted octanol–water partition coefficient (Wildman–Crippen LogP) is 3.25. The van der Waals surface area contributed by atoms with Gasteiger partial charge in [0.1, 0.15) is 11.5 Å². The number of carbonyl (C=O) groups is 1. The third-order valence-electron chi connectivity index (χ3n) is 4.11. The lowest BCUT2D eigenvalue weighted by molar-refractivity contribution is -0.114. The molecule has 140 valence electrons. The molecule has 2 aromatic carbocycles. The molecular weight excluding hydrogens is 344 g/mol. The third-order valence-corrected chi connectivity index (χ3v) is 4.11. The van der Waals surface area contributed by atoms with Crippen molar-refractivity contribution in [1.82, 2.24) is 9.78 Å². The van der Waals surface area contributed by atoms with E-state index in [1.807, 2.05) is 37.4 Å².